The molecule has 0 radical (unpaired) electrons. The maximum atomic E-state index is 6.22. The summed E-state index contributed by atoms with van der Waals surface area (Å²) in [6.45, 7) is 2.19. The van der Waals surface area contributed by atoms with Crippen LogP contribution in [0.2, 0.25) is 0 Å². The SMILES string of the molecule is CCCC[C@@H](N)c1ccnc2ccccc12.Cl. The lowest BCUT2D eigenvalue weighted by atomic mass is 9.99. The summed E-state index contributed by atoms with van der Waals surface area (Å²) >= 11 is 0. The van der Waals surface area contributed by atoms with E-state index in [-0.39, 0.29) is 18.4 Å². The van der Waals surface area contributed by atoms with Crippen LogP contribution in [0.3, 0.4) is 0 Å². The predicted molar refractivity (Wildman–Crippen MR) is 75.4 cm³/mol. The first-order chi connectivity index (χ1) is 7.83. The molecule has 17 heavy (non-hydrogen) atoms. The van der Waals surface area contributed by atoms with Crippen LogP contribution in [-0.4, -0.2) is 4.98 Å². The maximum Gasteiger partial charge on any atom is 0.0705 e. The number of hydrogen-bond acceptors (Lipinski definition) is 2. The van der Waals surface area contributed by atoms with Gasteiger partial charge in [-0.25, -0.2) is 0 Å². The second-order valence-electron chi connectivity index (χ2n) is 4.17. The summed E-state index contributed by atoms with van der Waals surface area (Å²) in [4.78, 5) is 4.35. The third kappa shape index (κ3) is 3.18. The number of fused-ring (bicyclic) bond motifs is 1. The fraction of sp³-hybridized carbons (Fsp3) is 0.357. The molecule has 0 bridgehead atoms. The average molecular weight is 251 g/mol. The number of para-hydroxylation sites is 1. The zero-order valence-electron chi connectivity index (χ0n) is 10.1. The molecule has 0 aliphatic rings. The molecule has 92 valence electrons. The third-order valence-electron chi connectivity index (χ3n) is 2.95. The highest BCUT2D eigenvalue weighted by Crippen LogP contribution is 2.24. The molecular formula is C14H19ClN2. The molecule has 0 fully saturated rings. The van der Waals surface area contributed by atoms with Gasteiger partial charge in [0.1, 0.15) is 0 Å². The summed E-state index contributed by atoms with van der Waals surface area (Å²) in [5.41, 5.74) is 8.47. The Kier molecular flexibility index (Phi) is 5.39. The normalized spacial score (nSPS) is 12.1. The van der Waals surface area contributed by atoms with Gasteiger partial charge in [-0.2, -0.15) is 0 Å². The van der Waals surface area contributed by atoms with Crippen molar-refractivity contribution in [2.75, 3.05) is 0 Å². The van der Waals surface area contributed by atoms with Crippen LogP contribution in [0.15, 0.2) is 36.5 Å². The molecule has 1 aromatic carbocycles. The van der Waals surface area contributed by atoms with Crippen LogP contribution in [0.5, 0.6) is 0 Å². The quantitative estimate of drug-likeness (QED) is 0.895. The summed E-state index contributed by atoms with van der Waals surface area (Å²) in [7, 11) is 0. The molecule has 0 saturated carbocycles. The van der Waals surface area contributed by atoms with E-state index in [1.807, 2.05) is 30.5 Å². The van der Waals surface area contributed by atoms with Gasteiger partial charge in [-0.1, -0.05) is 38.0 Å². The molecule has 2 nitrogen and oxygen atoms in total. The number of nitrogens with zero attached hydrogens (tertiary/aromatic N) is 1. The van der Waals surface area contributed by atoms with E-state index in [1.54, 1.807) is 0 Å². The van der Waals surface area contributed by atoms with Crippen LogP contribution < -0.4 is 5.73 Å². The molecule has 2 N–H and O–H groups in total. The van der Waals surface area contributed by atoms with Crippen molar-refractivity contribution in [3.8, 4) is 0 Å². The Bertz CT molecular complexity index is 465. The molecule has 0 aliphatic heterocycles. The Morgan fingerprint density at radius 1 is 1.24 bits per heavy atom. The minimum absolute atomic E-state index is 0. The van der Waals surface area contributed by atoms with E-state index in [2.05, 4.69) is 18.0 Å². The zero-order chi connectivity index (χ0) is 11.4. The third-order valence-corrected chi connectivity index (χ3v) is 2.95. The molecule has 0 amide bonds. The molecule has 1 heterocycles. The highest BCUT2D eigenvalue weighted by molar-refractivity contribution is 5.85. The lowest BCUT2D eigenvalue weighted by molar-refractivity contribution is 0.606. The van der Waals surface area contributed by atoms with E-state index >= 15 is 0 Å². The van der Waals surface area contributed by atoms with E-state index in [4.69, 9.17) is 5.73 Å². The lowest BCUT2D eigenvalue weighted by Crippen LogP contribution is -2.10. The predicted octanol–water partition coefficient (Wildman–Crippen LogP) is 3.85. The summed E-state index contributed by atoms with van der Waals surface area (Å²) in [6, 6.07) is 10.4. The topological polar surface area (TPSA) is 38.9 Å². The number of unbranched alkanes of at least 4 members (excludes halogenated alkanes) is 1. The van der Waals surface area contributed by atoms with Crippen molar-refractivity contribution in [1.29, 1.82) is 0 Å². The number of rotatable bonds is 4. The number of hydrogen-bond donors (Lipinski definition) is 1. The fourth-order valence-corrected chi connectivity index (χ4v) is 2.02. The number of aromatic nitrogens is 1. The first-order valence-corrected chi connectivity index (χ1v) is 5.92. The van der Waals surface area contributed by atoms with Gasteiger partial charge in [0.25, 0.3) is 0 Å². The van der Waals surface area contributed by atoms with E-state index in [0.717, 1.165) is 11.9 Å². The van der Waals surface area contributed by atoms with Crippen LogP contribution in [-0.2, 0) is 0 Å². The smallest absolute Gasteiger partial charge is 0.0705 e. The standard InChI is InChI=1S/C14H18N2.ClH/c1-2-3-7-13(15)11-9-10-16-14-8-5-4-6-12(11)14;/h4-6,8-10,13H,2-3,7,15H2,1H3;1H/t13-;/m1./s1. The van der Waals surface area contributed by atoms with Crippen LogP contribution in [0.1, 0.15) is 37.8 Å². The van der Waals surface area contributed by atoms with Gasteiger partial charge in [-0.3, -0.25) is 4.98 Å². The van der Waals surface area contributed by atoms with Crippen LogP contribution in [0.4, 0.5) is 0 Å². The Labute approximate surface area is 109 Å². The Morgan fingerprint density at radius 2 is 2.00 bits per heavy atom. The van der Waals surface area contributed by atoms with Gasteiger partial charge in [0.05, 0.1) is 5.52 Å². The Morgan fingerprint density at radius 3 is 2.76 bits per heavy atom. The van der Waals surface area contributed by atoms with Crippen molar-refractivity contribution in [2.24, 2.45) is 5.73 Å². The number of benzene rings is 1. The largest absolute Gasteiger partial charge is 0.324 e. The van der Waals surface area contributed by atoms with Crippen LogP contribution in [0, 0.1) is 0 Å². The van der Waals surface area contributed by atoms with Gasteiger partial charge in [-0.15, -0.1) is 12.4 Å². The monoisotopic (exact) mass is 250 g/mol. The zero-order valence-corrected chi connectivity index (χ0v) is 10.9. The van der Waals surface area contributed by atoms with Gasteiger partial charge >= 0.3 is 0 Å². The number of nitrogens with two attached hydrogens (primary N) is 1. The number of halogens is 1. The second kappa shape index (κ2) is 6.58. The summed E-state index contributed by atoms with van der Waals surface area (Å²) < 4.78 is 0. The molecule has 0 saturated heterocycles. The van der Waals surface area contributed by atoms with Gasteiger partial charge in [0.2, 0.25) is 0 Å². The molecule has 0 aliphatic carbocycles. The van der Waals surface area contributed by atoms with Crippen molar-refractivity contribution >= 4 is 23.3 Å². The molecule has 2 aromatic rings. The van der Waals surface area contributed by atoms with Crippen LogP contribution >= 0.6 is 12.4 Å². The molecule has 3 heteroatoms. The van der Waals surface area contributed by atoms with Gasteiger partial charge < -0.3 is 5.73 Å². The van der Waals surface area contributed by atoms with Crippen molar-refractivity contribution in [2.45, 2.75) is 32.2 Å². The minimum atomic E-state index is 0. The lowest BCUT2D eigenvalue weighted by Gasteiger charge is -2.13. The van der Waals surface area contributed by atoms with Crippen molar-refractivity contribution in [3.63, 3.8) is 0 Å². The van der Waals surface area contributed by atoms with E-state index in [0.29, 0.717) is 0 Å². The second-order valence-corrected chi connectivity index (χ2v) is 4.17. The first-order valence-electron chi connectivity index (χ1n) is 5.92. The minimum Gasteiger partial charge on any atom is -0.324 e. The molecule has 1 atom stereocenters. The fourth-order valence-electron chi connectivity index (χ4n) is 2.02. The van der Waals surface area contributed by atoms with Crippen molar-refractivity contribution in [1.82, 2.24) is 4.98 Å². The average Bonchev–Trinajstić information content (AvgIpc) is 2.35. The van der Waals surface area contributed by atoms with E-state index in [1.165, 1.54) is 23.8 Å². The Balaban J connectivity index is 0.00000144. The molecule has 2 rings (SSSR count). The maximum absolute atomic E-state index is 6.22. The molecule has 1 aromatic heterocycles. The Hall–Kier alpha value is -1.12. The van der Waals surface area contributed by atoms with E-state index < -0.39 is 0 Å². The van der Waals surface area contributed by atoms with Gasteiger partial charge in [-0.05, 0) is 24.1 Å². The highest BCUT2D eigenvalue weighted by Gasteiger charge is 2.09. The van der Waals surface area contributed by atoms with Crippen molar-refractivity contribution in [3.05, 3.63) is 42.1 Å². The molecular weight excluding hydrogens is 232 g/mol. The highest BCUT2D eigenvalue weighted by atomic mass is 35.5. The summed E-state index contributed by atoms with van der Waals surface area (Å²) in [5.74, 6) is 0. The summed E-state index contributed by atoms with van der Waals surface area (Å²) in [6.07, 6.45) is 5.27. The number of pyridine rings is 1. The first kappa shape index (κ1) is 13.9. The van der Waals surface area contributed by atoms with E-state index in [9.17, 15) is 0 Å². The van der Waals surface area contributed by atoms with Gasteiger partial charge in [0, 0.05) is 17.6 Å². The van der Waals surface area contributed by atoms with Gasteiger partial charge in [0.15, 0.2) is 0 Å². The van der Waals surface area contributed by atoms with Crippen LogP contribution in [0.25, 0.3) is 10.9 Å². The molecule has 0 spiro atoms. The summed E-state index contributed by atoms with van der Waals surface area (Å²) in [5, 5.41) is 1.19. The molecule has 0 unspecified atom stereocenters. The van der Waals surface area contributed by atoms with Crippen molar-refractivity contribution < 1.29 is 0 Å².